The Morgan fingerprint density at radius 3 is 2.94 bits per heavy atom. The molecule has 3 heteroatoms. The number of aryl methyl sites for hydroxylation is 2. The number of carbonyl (C=O) groups excluding carboxylic acids is 1. The van der Waals surface area contributed by atoms with Gasteiger partial charge < -0.3 is 4.90 Å². The molecular formula is C13H14ClNO. The lowest BCUT2D eigenvalue weighted by Gasteiger charge is -2.26. The summed E-state index contributed by atoms with van der Waals surface area (Å²) in [5, 5.41) is 0. The molecule has 0 atom stereocenters. The van der Waals surface area contributed by atoms with Crippen LogP contribution in [0.4, 0.5) is 5.69 Å². The topological polar surface area (TPSA) is 20.3 Å². The van der Waals surface area contributed by atoms with E-state index in [0.717, 1.165) is 25.8 Å². The number of hydrogen-bond acceptors (Lipinski definition) is 1. The van der Waals surface area contributed by atoms with E-state index in [2.05, 4.69) is 12.1 Å². The van der Waals surface area contributed by atoms with Crippen LogP contribution in [0.1, 0.15) is 23.1 Å². The molecule has 0 bridgehead atoms. The van der Waals surface area contributed by atoms with Crippen LogP contribution in [-0.4, -0.2) is 18.3 Å². The fraction of sp³-hybridized carbons (Fsp3) is 0.462. The summed E-state index contributed by atoms with van der Waals surface area (Å²) in [5.74, 6) is 0.912. The first-order chi connectivity index (χ1) is 7.79. The van der Waals surface area contributed by atoms with Crippen LogP contribution in [0.15, 0.2) is 12.1 Å². The summed E-state index contributed by atoms with van der Waals surface area (Å²) in [6.07, 6.45) is 3.67. The largest absolute Gasteiger partial charge is 0.312 e. The minimum Gasteiger partial charge on any atom is -0.312 e. The molecule has 2 aliphatic heterocycles. The van der Waals surface area contributed by atoms with Gasteiger partial charge in [-0.15, -0.1) is 11.6 Å². The fourth-order valence-corrected chi connectivity index (χ4v) is 3.02. The van der Waals surface area contributed by atoms with Crippen molar-refractivity contribution in [2.45, 2.75) is 25.7 Å². The van der Waals surface area contributed by atoms with E-state index in [1.807, 2.05) is 4.90 Å². The van der Waals surface area contributed by atoms with Gasteiger partial charge in [-0.05, 0) is 36.0 Å². The predicted molar refractivity (Wildman–Crippen MR) is 65.2 cm³/mol. The number of hydrogen-bond donors (Lipinski definition) is 0. The van der Waals surface area contributed by atoms with Gasteiger partial charge in [0.1, 0.15) is 0 Å². The summed E-state index contributed by atoms with van der Waals surface area (Å²) in [7, 11) is 0. The van der Waals surface area contributed by atoms with Crippen LogP contribution in [0.3, 0.4) is 0 Å². The molecule has 84 valence electrons. The Hall–Kier alpha value is -1.02. The van der Waals surface area contributed by atoms with E-state index in [-0.39, 0.29) is 5.91 Å². The van der Waals surface area contributed by atoms with Gasteiger partial charge in [0.25, 0.3) is 0 Å². The summed E-state index contributed by atoms with van der Waals surface area (Å²) in [6.45, 7) is 0.897. The minimum atomic E-state index is 0.263. The van der Waals surface area contributed by atoms with Gasteiger partial charge in [-0.1, -0.05) is 12.1 Å². The molecule has 0 fully saturated rings. The van der Waals surface area contributed by atoms with Crippen LogP contribution in [0, 0.1) is 0 Å². The molecule has 3 rings (SSSR count). The van der Waals surface area contributed by atoms with Crippen LogP contribution >= 0.6 is 11.6 Å². The maximum atomic E-state index is 11.8. The Balaban J connectivity index is 2.10. The van der Waals surface area contributed by atoms with Gasteiger partial charge in [-0.25, -0.2) is 0 Å². The van der Waals surface area contributed by atoms with Crippen molar-refractivity contribution in [3.63, 3.8) is 0 Å². The molecule has 0 spiro atoms. The number of amides is 1. The Bertz CT molecular complexity index is 455. The van der Waals surface area contributed by atoms with Crippen molar-refractivity contribution in [1.29, 1.82) is 0 Å². The normalized spacial score (nSPS) is 17.8. The van der Waals surface area contributed by atoms with Gasteiger partial charge in [-0.2, -0.15) is 0 Å². The molecule has 16 heavy (non-hydrogen) atoms. The molecule has 0 saturated carbocycles. The van der Waals surface area contributed by atoms with Crippen LogP contribution in [0.25, 0.3) is 0 Å². The highest BCUT2D eigenvalue weighted by molar-refractivity contribution is 6.18. The third kappa shape index (κ3) is 1.44. The lowest BCUT2D eigenvalue weighted by Crippen LogP contribution is -2.31. The Morgan fingerprint density at radius 2 is 2.12 bits per heavy atom. The lowest BCUT2D eigenvalue weighted by molar-refractivity contribution is -0.117. The lowest BCUT2D eigenvalue weighted by atomic mass is 9.96. The molecule has 2 heterocycles. The van der Waals surface area contributed by atoms with Crippen molar-refractivity contribution in [3.05, 3.63) is 28.8 Å². The monoisotopic (exact) mass is 235 g/mol. The van der Waals surface area contributed by atoms with Crippen molar-refractivity contribution >= 4 is 23.2 Å². The van der Waals surface area contributed by atoms with Crippen molar-refractivity contribution < 1.29 is 4.79 Å². The minimum absolute atomic E-state index is 0.263. The molecule has 0 unspecified atom stereocenters. The maximum absolute atomic E-state index is 11.8. The second kappa shape index (κ2) is 3.77. The summed E-state index contributed by atoms with van der Waals surface area (Å²) >= 11 is 5.78. The quantitative estimate of drug-likeness (QED) is 0.721. The number of halogens is 1. The SMILES string of the molecule is O=C1Cc2cc(CCCl)cc3c2N1CCC3. The van der Waals surface area contributed by atoms with E-state index < -0.39 is 0 Å². The average Bonchev–Trinajstić information content (AvgIpc) is 2.58. The van der Waals surface area contributed by atoms with Crippen LogP contribution < -0.4 is 4.90 Å². The summed E-state index contributed by atoms with van der Waals surface area (Å²) in [6, 6.07) is 4.39. The van der Waals surface area contributed by atoms with E-state index in [1.54, 1.807) is 0 Å². The van der Waals surface area contributed by atoms with Crippen LogP contribution in [0.5, 0.6) is 0 Å². The molecule has 0 aliphatic carbocycles. The highest BCUT2D eigenvalue weighted by Gasteiger charge is 2.31. The average molecular weight is 236 g/mol. The Kier molecular flexibility index (Phi) is 2.40. The van der Waals surface area contributed by atoms with E-state index in [0.29, 0.717) is 12.3 Å². The van der Waals surface area contributed by atoms with Crippen molar-refractivity contribution in [2.24, 2.45) is 0 Å². The standard InChI is InChI=1S/C13H14ClNO/c14-4-3-9-6-10-2-1-5-15-12(16)8-11(7-9)13(10)15/h6-7H,1-5,8H2. The third-order valence-corrected chi connectivity index (χ3v) is 3.64. The Morgan fingerprint density at radius 1 is 1.31 bits per heavy atom. The molecule has 1 aromatic carbocycles. The van der Waals surface area contributed by atoms with Crippen molar-refractivity contribution in [1.82, 2.24) is 0 Å². The van der Waals surface area contributed by atoms with Gasteiger partial charge in [0, 0.05) is 12.4 Å². The molecular weight excluding hydrogens is 222 g/mol. The number of rotatable bonds is 2. The Labute approximate surface area is 100 Å². The first-order valence-corrected chi connectivity index (χ1v) is 6.34. The third-order valence-electron chi connectivity index (χ3n) is 3.45. The van der Waals surface area contributed by atoms with Gasteiger partial charge in [0.15, 0.2) is 0 Å². The highest BCUT2D eigenvalue weighted by atomic mass is 35.5. The summed E-state index contributed by atoms with van der Waals surface area (Å²) < 4.78 is 0. The van der Waals surface area contributed by atoms with E-state index >= 15 is 0 Å². The number of benzene rings is 1. The summed E-state index contributed by atoms with van der Waals surface area (Å²) in [5.41, 5.74) is 5.03. The van der Waals surface area contributed by atoms with Crippen LogP contribution in [-0.2, 0) is 24.1 Å². The van der Waals surface area contributed by atoms with Gasteiger partial charge in [0.05, 0.1) is 12.1 Å². The highest BCUT2D eigenvalue weighted by Crippen LogP contribution is 2.37. The van der Waals surface area contributed by atoms with E-state index in [4.69, 9.17) is 11.6 Å². The molecule has 0 N–H and O–H groups in total. The maximum Gasteiger partial charge on any atom is 0.231 e. The molecule has 0 radical (unpaired) electrons. The van der Waals surface area contributed by atoms with Gasteiger partial charge >= 0.3 is 0 Å². The zero-order valence-corrected chi connectivity index (χ0v) is 9.89. The predicted octanol–water partition coefficient (Wildman–Crippen LogP) is 2.30. The molecule has 0 aromatic heterocycles. The van der Waals surface area contributed by atoms with Gasteiger partial charge in [0.2, 0.25) is 5.91 Å². The number of anilines is 1. The molecule has 2 nitrogen and oxygen atoms in total. The first-order valence-electron chi connectivity index (χ1n) is 5.80. The molecule has 0 saturated heterocycles. The second-order valence-corrected chi connectivity index (χ2v) is 4.91. The van der Waals surface area contributed by atoms with E-state index in [9.17, 15) is 4.79 Å². The molecule has 1 amide bonds. The van der Waals surface area contributed by atoms with E-state index in [1.165, 1.54) is 22.4 Å². The van der Waals surface area contributed by atoms with Gasteiger partial charge in [-0.3, -0.25) is 4.79 Å². The van der Waals surface area contributed by atoms with Crippen LogP contribution in [0.2, 0.25) is 0 Å². The fourth-order valence-electron chi connectivity index (χ4n) is 2.80. The smallest absolute Gasteiger partial charge is 0.231 e. The van der Waals surface area contributed by atoms with Crippen molar-refractivity contribution in [3.8, 4) is 0 Å². The zero-order valence-electron chi connectivity index (χ0n) is 9.13. The number of carbonyl (C=O) groups is 1. The number of alkyl halides is 1. The molecule has 1 aromatic rings. The number of nitrogens with zero attached hydrogens (tertiary/aromatic N) is 1. The molecule has 2 aliphatic rings. The van der Waals surface area contributed by atoms with Crippen molar-refractivity contribution in [2.75, 3.05) is 17.3 Å². The second-order valence-electron chi connectivity index (χ2n) is 4.53. The first kappa shape index (κ1) is 10.2. The zero-order chi connectivity index (χ0) is 11.1. The summed E-state index contributed by atoms with van der Waals surface area (Å²) in [4.78, 5) is 13.8.